The van der Waals surface area contributed by atoms with Crippen LogP contribution in [0.5, 0.6) is 5.75 Å². The van der Waals surface area contributed by atoms with Crippen LogP contribution in [0.15, 0.2) is 34.8 Å². The minimum atomic E-state index is -0.606. The number of benzene rings is 2. The number of ether oxygens (including phenoxy) is 1. The van der Waals surface area contributed by atoms with Crippen molar-refractivity contribution in [2.75, 3.05) is 6.54 Å². The average molecular weight is 356 g/mol. The Hall–Kier alpha value is -1.46. The first-order valence-corrected chi connectivity index (χ1v) is 7.36. The Balaban J connectivity index is 2.23. The lowest BCUT2D eigenvalue weighted by Gasteiger charge is -2.15. The summed E-state index contributed by atoms with van der Waals surface area (Å²) in [7, 11) is 0. The van der Waals surface area contributed by atoms with Crippen LogP contribution in [0.1, 0.15) is 16.7 Å². The molecule has 0 fully saturated rings. The summed E-state index contributed by atoms with van der Waals surface area (Å²) in [6, 6.07) is 7.33. The topological polar surface area (TPSA) is 35.2 Å². The first kappa shape index (κ1) is 15.9. The van der Waals surface area contributed by atoms with E-state index in [1.165, 1.54) is 12.1 Å². The second-order valence-electron chi connectivity index (χ2n) is 4.77. The molecule has 0 aliphatic rings. The molecule has 0 amide bonds. The van der Waals surface area contributed by atoms with Gasteiger partial charge in [-0.25, -0.2) is 8.78 Å². The largest absolute Gasteiger partial charge is 0.488 e. The van der Waals surface area contributed by atoms with E-state index < -0.39 is 11.6 Å². The fraction of sp³-hybridized carbons (Fsp3) is 0.250. The van der Waals surface area contributed by atoms with Gasteiger partial charge in [-0.2, -0.15) is 0 Å². The minimum Gasteiger partial charge on any atom is -0.488 e. The molecular formula is C16H16BrF2NO. The molecular weight excluding hydrogens is 340 g/mol. The Bertz CT molecular complexity index is 646. The highest BCUT2D eigenvalue weighted by atomic mass is 79.9. The van der Waals surface area contributed by atoms with E-state index in [1.807, 2.05) is 19.1 Å². The first-order valence-electron chi connectivity index (χ1n) is 6.57. The van der Waals surface area contributed by atoms with Gasteiger partial charge in [0.25, 0.3) is 0 Å². The van der Waals surface area contributed by atoms with Crippen molar-refractivity contribution < 1.29 is 13.5 Å². The quantitative estimate of drug-likeness (QED) is 0.875. The molecule has 0 spiro atoms. The number of hydrogen-bond acceptors (Lipinski definition) is 2. The average Bonchev–Trinajstić information content (AvgIpc) is 2.40. The molecule has 0 radical (unpaired) electrons. The number of hydrogen-bond donors (Lipinski definition) is 1. The molecule has 112 valence electrons. The summed E-state index contributed by atoms with van der Waals surface area (Å²) in [6.07, 6.45) is 0.668. The van der Waals surface area contributed by atoms with E-state index in [1.54, 1.807) is 0 Å². The highest BCUT2D eigenvalue weighted by Crippen LogP contribution is 2.29. The van der Waals surface area contributed by atoms with Crippen molar-refractivity contribution in [1.82, 2.24) is 0 Å². The fourth-order valence-electron chi connectivity index (χ4n) is 2.14. The maximum absolute atomic E-state index is 13.6. The van der Waals surface area contributed by atoms with Gasteiger partial charge < -0.3 is 10.5 Å². The summed E-state index contributed by atoms with van der Waals surface area (Å²) in [5.74, 6) is -0.502. The van der Waals surface area contributed by atoms with Crippen molar-refractivity contribution in [1.29, 1.82) is 0 Å². The molecule has 2 N–H and O–H groups in total. The highest BCUT2D eigenvalue weighted by Gasteiger charge is 2.11. The van der Waals surface area contributed by atoms with Crippen LogP contribution in [0.25, 0.3) is 0 Å². The monoisotopic (exact) mass is 355 g/mol. The molecule has 0 bridgehead atoms. The van der Waals surface area contributed by atoms with Crippen LogP contribution in [-0.4, -0.2) is 6.54 Å². The SMILES string of the molecule is Cc1cc(Br)cc(CCN)c1OCc1ccc(F)cc1F. The Morgan fingerprint density at radius 1 is 1.14 bits per heavy atom. The lowest BCUT2D eigenvalue weighted by atomic mass is 10.1. The van der Waals surface area contributed by atoms with Gasteiger partial charge in [-0.3, -0.25) is 0 Å². The second-order valence-corrected chi connectivity index (χ2v) is 5.69. The molecule has 0 atom stereocenters. The number of rotatable bonds is 5. The van der Waals surface area contributed by atoms with Gasteiger partial charge in [0.05, 0.1) is 0 Å². The van der Waals surface area contributed by atoms with Gasteiger partial charge in [0.15, 0.2) is 0 Å². The Kier molecular flexibility index (Phi) is 5.31. The van der Waals surface area contributed by atoms with Crippen molar-refractivity contribution in [3.8, 4) is 5.75 Å². The number of halogens is 3. The van der Waals surface area contributed by atoms with Gasteiger partial charge in [0, 0.05) is 16.1 Å². The first-order chi connectivity index (χ1) is 10.0. The van der Waals surface area contributed by atoms with E-state index in [9.17, 15) is 8.78 Å². The molecule has 2 aromatic carbocycles. The Labute approximate surface area is 131 Å². The molecule has 2 aromatic rings. The molecule has 0 unspecified atom stereocenters. The van der Waals surface area contributed by atoms with Crippen molar-refractivity contribution >= 4 is 15.9 Å². The Morgan fingerprint density at radius 3 is 2.57 bits per heavy atom. The molecule has 2 nitrogen and oxygen atoms in total. The van der Waals surface area contributed by atoms with Gasteiger partial charge >= 0.3 is 0 Å². The van der Waals surface area contributed by atoms with Crippen LogP contribution in [-0.2, 0) is 13.0 Å². The molecule has 0 aliphatic carbocycles. The number of aryl methyl sites for hydroxylation is 1. The molecule has 0 aromatic heterocycles. The van der Waals surface area contributed by atoms with E-state index in [4.69, 9.17) is 10.5 Å². The van der Waals surface area contributed by atoms with Gasteiger partial charge in [-0.15, -0.1) is 0 Å². The lowest BCUT2D eigenvalue weighted by molar-refractivity contribution is 0.294. The van der Waals surface area contributed by atoms with Gasteiger partial charge in [0.2, 0.25) is 0 Å². The maximum Gasteiger partial charge on any atom is 0.132 e. The third-order valence-corrected chi connectivity index (χ3v) is 3.57. The summed E-state index contributed by atoms with van der Waals surface area (Å²) in [4.78, 5) is 0. The fourth-order valence-corrected chi connectivity index (χ4v) is 2.76. The second kappa shape index (κ2) is 7.00. The van der Waals surface area contributed by atoms with Crippen LogP contribution in [0.4, 0.5) is 8.78 Å². The summed E-state index contributed by atoms with van der Waals surface area (Å²) < 4.78 is 33.2. The minimum absolute atomic E-state index is 0.0478. The highest BCUT2D eigenvalue weighted by molar-refractivity contribution is 9.10. The summed E-state index contributed by atoms with van der Waals surface area (Å²) >= 11 is 3.43. The van der Waals surface area contributed by atoms with Gasteiger partial charge in [-0.05, 0) is 55.3 Å². The molecule has 0 aliphatic heterocycles. The molecule has 0 saturated heterocycles. The number of nitrogens with two attached hydrogens (primary N) is 1. The van der Waals surface area contributed by atoms with Crippen molar-refractivity contribution in [3.63, 3.8) is 0 Å². The van der Waals surface area contributed by atoms with Crippen LogP contribution in [0.2, 0.25) is 0 Å². The van der Waals surface area contributed by atoms with E-state index in [-0.39, 0.29) is 6.61 Å². The van der Waals surface area contributed by atoms with E-state index in [0.29, 0.717) is 24.3 Å². The third-order valence-electron chi connectivity index (χ3n) is 3.12. The predicted molar refractivity (Wildman–Crippen MR) is 82.3 cm³/mol. The summed E-state index contributed by atoms with van der Waals surface area (Å²) in [5, 5.41) is 0. The van der Waals surface area contributed by atoms with Crippen LogP contribution < -0.4 is 10.5 Å². The maximum atomic E-state index is 13.6. The van der Waals surface area contributed by atoms with Crippen molar-refractivity contribution in [2.24, 2.45) is 5.73 Å². The van der Waals surface area contributed by atoms with Crippen LogP contribution in [0, 0.1) is 18.6 Å². The van der Waals surface area contributed by atoms with Crippen molar-refractivity contribution in [3.05, 3.63) is 63.1 Å². The normalized spacial score (nSPS) is 10.7. The van der Waals surface area contributed by atoms with E-state index in [0.717, 1.165) is 21.7 Å². The van der Waals surface area contributed by atoms with Crippen LogP contribution in [0.3, 0.4) is 0 Å². The molecule has 0 saturated carbocycles. The predicted octanol–water partition coefficient (Wildman–Crippen LogP) is 4.12. The van der Waals surface area contributed by atoms with E-state index in [2.05, 4.69) is 15.9 Å². The summed E-state index contributed by atoms with van der Waals surface area (Å²) in [6.45, 7) is 2.46. The third kappa shape index (κ3) is 4.02. The zero-order valence-corrected chi connectivity index (χ0v) is 13.2. The lowest BCUT2D eigenvalue weighted by Crippen LogP contribution is -2.07. The van der Waals surface area contributed by atoms with Gasteiger partial charge in [-0.1, -0.05) is 15.9 Å². The molecule has 2 rings (SSSR count). The Morgan fingerprint density at radius 2 is 1.90 bits per heavy atom. The molecule has 21 heavy (non-hydrogen) atoms. The molecule has 5 heteroatoms. The standard InChI is InChI=1S/C16H16BrF2NO/c1-10-6-13(17)7-11(4-5-20)16(10)21-9-12-2-3-14(18)8-15(12)19/h2-3,6-8H,4-5,9,20H2,1H3. The van der Waals surface area contributed by atoms with Crippen molar-refractivity contribution in [2.45, 2.75) is 20.0 Å². The van der Waals surface area contributed by atoms with Gasteiger partial charge in [0.1, 0.15) is 24.0 Å². The molecule has 0 heterocycles. The van der Waals surface area contributed by atoms with E-state index >= 15 is 0 Å². The zero-order valence-electron chi connectivity index (χ0n) is 11.6. The zero-order chi connectivity index (χ0) is 15.4. The van der Waals surface area contributed by atoms with Crippen LogP contribution >= 0.6 is 15.9 Å². The summed E-state index contributed by atoms with van der Waals surface area (Å²) in [5.41, 5.74) is 7.83. The smallest absolute Gasteiger partial charge is 0.132 e.